The van der Waals surface area contributed by atoms with Gasteiger partial charge in [-0.25, -0.2) is 4.79 Å². The molecule has 0 aliphatic carbocycles. The number of methoxy groups -OCH3 is 2. The molecule has 8 nitrogen and oxygen atoms in total. The molecule has 0 saturated carbocycles. The minimum absolute atomic E-state index is 0.0938. The van der Waals surface area contributed by atoms with E-state index in [0.717, 1.165) is 5.57 Å². The lowest BCUT2D eigenvalue weighted by Crippen LogP contribution is -2.13. The van der Waals surface area contributed by atoms with Gasteiger partial charge in [-0.15, -0.1) is 4.91 Å². The quantitative estimate of drug-likeness (QED) is 0.170. The summed E-state index contributed by atoms with van der Waals surface area (Å²) in [6.45, 7) is 3.89. The Balaban J connectivity index is 2.26. The number of hydrogen-bond acceptors (Lipinski definition) is 8. The fourth-order valence-electron chi connectivity index (χ4n) is 3.64. The Morgan fingerprint density at radius 3 is 2.39 bits per heavy atom. The lowest BCUT2D eigenvalue weighted by Gasteiger charge is -2.23. The van der Waals surface area contributed by atoms with Crippen LogP contribution in [0.3, 0.4) is 0 Å². The van der Waals surface area contributed by atoms with E-state index in [1.165, 1.54) is 26.4 Å². The average Bonchev–Trinajstić information content (AvgIpc) is 2.84. The number of benzene rings is 3. The molecule has 0 saturated heterocycles. The number of hydrogen-bond donors (Lipinski definition) is 2. The van der Waals surface area contributed by atoms with Gasteiger partial charge in [0.05, 0.1) is 36.2 Å². The van der Waals surface area contributed by atoms with E-state index in [1.54, 1.807) is 30.3 Å². The summed E-state index contributed by atoms with van der Waals surface area (Å²) < 4.78 is 17.2. The van der Waals surface area contributed by atoms with Gasteiger partial charge in [-0.2, -0.15) is 0 Å². The number of anilines is 1. The predicted molar refractivity (Wildman–Crippen MR) is 127 cm³/mol. The normalized spacial score (nSPS) is 11.4. The largest absolute Gasteiger partial charge is 0.496 e. The first-order valence-electron chi connectivity index (χ1n) is 10.3. The van der Waals surface area contributed by atoms with Gasteiger partial charge in [0.2, 0.25) is 0 Å². The Kier molecular flexibility index (Phi) is 7.63. The van der Waals surface area contributed by atoms with E-state index in [4.69, 9.17) is 14.2 Å². The van der Waals surface area contributed by atoms with Crippen molar-refractivity contribution in [1.29, 1.82) is 0 Å². The first-order valence-corrected chi connectivity index (χ1v) is 10.3. The third-order valence-electron chi connectivity index (χ3n) is 5.19. The first-order chi connectivity index (χ1) is 15.9. The van der Waals surface area contributed by atoms with Crippen LogP contribution in [0.15, 0.2) is 65.4 Å². The summed E-state index contributed by atoms with van der Waals surface area (Å²) >= 11 is 0. The van der Waals surface area contributed by atoms with Gasteiger partial charge in [-0.05, 0) is 49.4 Å². The second-order valence-electron chi connectivity index (χ2n) is 7.56. The van der Waals surface area contributed by atoms with Crippen LogP contribution < -0.4 is 15.0 Å². The number of carbonyl (C=O) groups is 1. The summed E-state index contributed by atoms with van der Waals surface area (Å²) in [7, 11) is 2.92. The molecule has 33 heavy (non-hydrogen) atoms. The minimum Gasteiger partial charge on any atom is -0.496 e. The molecule has 0 heterocycles. The van der Waals surface area contributed by atoms with Gasteiger partial charge >= 0.3 is 5.97 Å². The van der Waals surface area contributed by atoms with Crippen molar-refractivity contribution in [2.75, 3.05) is 19.7 Å². The minimum atomic E-state index is -0.744. The third kappa shape index (κ3) is 4.96. The van der Waals surface area contributed by atoms with E-state index >= 15 is 0 Å². The van der Waals surface area contributed by atoms with Crippen LogP contribution in [-0.4, -0.2) is 25.4 Å². The van der Waals surface area contributed by atoms with E-state index in [2.05, 4.69) is 10.7 Å². The molecule has 0 aromatic heterocycles. The van der Waals surface area contributed by atoms with Crippen LogP contribution in [0.5, 0.6) is 11.5 Å². The summed E-state index contributed by atoms with van der Waals surface area (Å²) in [4.78, 5) is 24.5. The standard InChI is InChI=1S/C25H26N2O6/c1-15(2)10-13-20(33-25(28)16-8-6-5-7-9-16)17-14-21(31-3)22-18(26-29)11-12-19(27-30)23(22)24(17)32-4/h5-12,14,20,26,29H,13H2,1-4H3/t20-/m1/s1. The van der Waals surface area contributed by atoms with Crippen molar-refractivity contribution in [2.45, 2.75) is 26.4 Å². The smallest absolute Gasteiger partial charge is 0.338 e. The molecule has 0 spiro atoms. The number of esters is 1. The molecule has 0 radical (unpaired) electrons. The fourth-order valence-corrected chi connectivity index (χ4v) is 3.64. The lowest BCUT2D eigenvalue weighted by atomic mass is 9.96. The van der Waals surface area contributed by atoms with Crippen LogP contribution in [0.1, 0.15) is 42.3 Å². The molecule has 172 valence electrons. The molecule has 8 heteroatoms. The molecule has 0 aliphatic rings. The molecule has 0 unspecified atom stereocenters. The molecule has 1 atom stereocenters. The van der Waals surface area contributed by atoms with Crippen LogP contribution in [-0.2, 0) is 4.74 Å². The Hall–Kier alpha value is -3.91. The topological polar surface area (TPSA) is 106 Å². The highest BCUT2D eigenvalue weighted by atomic mass is 16.5. The maximum Gasteiger partial charge on any atom is 0.338 e. The van der Waals surface area contributed by atoms with Gasteiger partial charge in [0.15, 0.2) is 0 Å². The van der Waals surface area contributed by atoms with Crippen LogP contribution in [0.4, 0.5) is 11.4 Å². The van der Waals surface area contributed by atoms with Gasteiger partial charge in [0, 0.05) is 12.0 Å². The number of allylic oxidation sites excluding steroid dienone is 1. The van der Waals surface area contributed by atoms with E-state index < -0.39 is 12.1 Å². The van der Waals surface area contributed by atoms with Gasteiger partial charge in [-0.3, -0.25) is 10.7 Å². The number of nitrogens with zero attached hydrogens (tertiary/aromatic N) is 1. The van der Waals surface area contributed by atoms with E-state index in [-0.39, 0.29) is 5.69 Å². The summed E-state index contributed by atoms with van der Waals surface area (Å²) in [5, 5.41) is 13.5. The van der Waals surface area contributed by atoms with Crippen molar-refractivity contribution in [1.82, 2.24) is 0 Å². The first kappa shape index (κ1) is 23.7. The Morgan fingerprint density at radius 1 is 1.09 bits per heavy atom. The highest BCUT2D eigenvalue weighted by molar-refractivity contribution is 6.08. The molecule has 3 aromatic rings. The van der Waals surface area contributed by atoms with Crippen LogP contribution in [0, 0.1) is 4.91 Å². The van der Waals surface area contributed by atoms with Crippen LogP contribution in [0.2, 0.25) is 0 Å². The highest BCUT2D eigenvalue weighted by Gasteiger charge is 2.27. The third-order valence-corrected chi connectivity index (χ3v) is 5.19. The van der Waals surface area contributed by atoms with Crippen molar-refractivity contribution >= 4 is 28.1 Å². The Labute approximate surface area is 191 Å². The van der Waals surface area contributed by atoms with Crippen molar-refractivity contribution in [2.24, 2.45) is 5.18 Å². The fraction of sp³-hybridized carbons (Fsp3) is 0.240. The van der Waals surface area contributed by atoms with Crippen molar-refractivity contribution < 1.29 is 24.2 Å². The van der Waals surface area contributed by atoms with Gasteiger partial charge in [-0.1, -0.05) is 29.8 Å². The van der Waals surface area contributed by atoms with E-state index in [1.807, 2.05) is 26.0 Å². The zero-order valence-corrected chi connectivity index (χ0v) is 18.9. The Morgan fingerprint density at radius 2 is 1.82 bits per heavy atom. The molecular formula is C25H26N2O6. The average molecular weight is 450 g/mol. The maximum absolute atomic E-state index is 12.9. The lowest BCUT2D eigenvalue weighted by molar-refractivity contribution is 0.0298. The predicted octanol–water partition coefficient (Wildman–Crippen LogP) is 6.31. The van der Waals surface area contributed by atoms with Crippen molar-refractivity contribution in [3.8, 4) is 11.5 Å². The van der Waals surface area contributed by atoms with Gasteiger partial charge < -0.3 is 14.2 Å². The molecule has 2 N–H and O–H groups in total. The van der Waals surface area contributed by atoms with Gasteiger partial charge in [0.25, 0.3) is 0 Å². The second-order valence-corrected chi connectivity index (χ2v) is 7.56. The molecule has 0 bridgehead atoms. The summed E-state index contributed by atoms with van der Waals surface area (Å²) in [6.07, 6.45) is 1.57. The van der Waals surface area contributed by atoms with Crippen LogP contribution in [0.25, 0.3) is 10.8 Å². The number of rotatable bonds is 9. The second kappa shape index (κ2) is 10.6. The summed E-state index contributed by atoms with van der Waals surface area (Å²) in [5.41, 5.74) is 4.48. The molecule has 3 aromatic carbocycles. The van der Waals surface area contributed by atoms with Gasteiger partial charge in [0.1, 0.15) is 23.3 Å². The number of fused-ring (bicyclic) bond motifs is 1. The van der Waals surface area contributed by atoms with E-state index in [9.17, 15) is 14.9 Å². The Bertz CT molecular complexity index is 1190. The van der Waals surface area contributed by atoms with Crippen molar-refractivity contribution in [3.05, 3.63) is 76.2 Å². The van der Waals surface area contributed by atoms with Crippen molar-refractivity contribution in [3.63, 3.8) is 0 Å². The number of nitrogens with one attached hydrogen (secondary N) is 1. The maximum atomic E-state index is 12.9. The molecular weight excluding hydrogens is 424 g/mol. The highest BCUT2D eigenvalue weighted by Crippen LogP contribution is 2.48. The summed E-state index contributed by atoms with van der Waals surface area (Å²) in [6, 6.07) is 13.3. The number of carbonyl (C=O) groups excluding carboxylic acids is 1. The number of nitroso groups, excluding NO2 is 1. The zero-order chi connectivity index (χ0) is 24.0. The van der Waals surface area contributed by atoms with Crippen LogP contribution >= 0.6 is 0 Å². The molecule has 0 amide bonds. The molecule has 0 fully saturated rings. The number of ether oxygens (including phenoxy) is 3. The molecule has 0 aliphatic heterocycles. The zero-order valence-electron chi connectivity index (χ0n) is 18.9. The van der Waals surface area contributed by atoms with E-state index in [0.29, 0.717) is 45.5 Å². The summed E-state index contributed by atoms with van der Waals surface area (Å²) in [5.74, 6) is 0.148. The SMILES string of the molecule is COc1cc([C@@H](CC=C(C)C)OC(=O)c2ccccc2)c(OC)c2c(N=O)ccc(NO)c12. The monoisotopic (exact) mass is 450 g/mol. The molecule has 3 rings (SSSR count).